The summed E-state index contributed by atoms with van der Waals surface area (Å²) in [6.07, 6.45) is 1.78. The molecule has 0 aliphatic heterocycles. The van der Waals surface area contributed by atoms with Crippen molar-refractivity contribution in [3.8, 4) is 0 Å². The minimum atomic E-state index is -0.179. The number of rotatable bonds is 2. The molecule has 0 aromatic carbocycles. The minimum Gasteiger partial charge on any atom is -0.392 e. The van der Waals surface area contributed by atoms with Gasteiger partial charge in [0, 0.05) is 5.25 Å². The van der Waals surface area contributed by atoms with Gasteiger partial charge in [0.1, 0.15) is 0 Å². The number of hydrogen-bond donors (Lipinski definition) is 3. The summed E-state index contributed by atoms with van der Waals surface area (Å²) in [4.78, 5) is 0. The Morgan fingerprint density at radius 1 is 1.60 bits per heavy atom. The largest absolute Gasteiger partial charge is 0.392 e. The molecule has 0 amide bonds. The Balaban J connectivity index is 2.27. The molecule has 2 nitrogen and oxygen atoms in total. The van der Waals surface area contributed by atoms with Crippen LogP contribution in [0.25, 0.3) is 0 Å². The van der Waals surface area contributed by atoms with Crippen LogP contribution in [0.5, 0.6) is 0 Å². The minimum absolute atomic E-state index is 0.179. The highest BCUT2D eigenvalue weighted by Gasteiger charge is 2.29. The predicted octanol–water partition coefficient (Wildman–Crippen LogP) is 0.275. The monoisotopic (exact) mass is 161 g/mol. The summed E-state index contributed by atoms with van der Waals surface area (Å²) >= 11 is 4.26. The van der Waals surface area contributed by atoms with Gasteiger partial charge >= 0.3 is 0 Å². The third kappa shape index (κ3) is 1.87. The molecule has 2 N–H and O–H groups in total. The number of hydrogen-bond acceptors (Lipinski definition) is 3. The molecule has 1 aliphatic carbocycles. The molecule has 0 radical (unpaired) electrons. The second-order valence-corrected chi connectivity index (χ2v) is 3.69. The van der Waals surface area contributed by atoms with Gasteiger partial charge < -0.3 is 10.4 Å². The Bertz CT molecular complexity index is 99.8. The van der Waals surface area contributed by atoms with Crippen molar-refractivity contribution < 1.29 is 5.11 Å². The van der Waals surface area contributed by atoms with E-state index in [0.717, 1.165) is 19.4 Å². The van der Waals surface area contributed by atoms with Crippen molar-refractivity contribution in [2.45, 2.75) is 24.2 Å². The second-order valence-electron chi connectivity index (χ2n) is 3.03. The number of aliphatic hydroxyl groups excluding tert-OH is 1. The Hall–Kier alpha value is 0.270. The van der Waals surface area contributed by atoms with E-state index in [1.165, 1.54) is 0 Å². The topological polar surface area (TPSA) is 32.3 Å². The van der Waals surface area contributed by atoms with Crippen LogP contribution >= 0.6 is 12.6 Å². The molecule has 1 saturated carbocycles. The van der Waals surface area contributed by atoms with Crippen LogP contribution in [0.1, 0.15) is 12.8 Å². The molecule has 0 spiro atoms. The third-order valence-electron chi connectivity index (χ3n) is 2.09. The number of nitrogens with one attached hydrogen (secondary N) is 1. The maximum Gasteiger partial charge on any atom is 0.0659 e. The van der Waals surface area contributed by atoms with Crippen LogP contribution in [0.4, 0.5) is 0 Å². The molecule has 0 unspecified atom stereocenters. The molecule has 60 valence electrons. The number of aliphatic hydroxyl groups is 1. The zero-order valence-corrected chi connectivity index (χ0v) is 7.14. The zero-order chi connectivity index (χ0) is 7.56. The van der Waals surface area contributed by atoms with Gasteiger partial charge in [0.15, 0.2) is 0 Å². The predicted molar refractivity (Wildman–Crippen MR) is 45.4 cm³/mol. The van der Waals surface area contributed by atoms with E-state index in [9.17, 15) is 5.11 Å². The van der Waals surface area contributed by atoms with Crippen LogP contribution in [0.15, 0.2) is 0 Å². The van der Waals surface area contributed by atoms with Crippen LogP contribution < -0.4 is 5.32 Å². The van der Waals surface area contributed by atoms with E-state index in [0.29, 0.717) is 5.92 Å². The van der Waals surface area contributed by atoms with Crippen LogP contribution in [0.2, 0.25) is 0 Å². The summed E-state index contributed by atoms with van der Waals surface area (Å²) in [5.74, 6) is 0.627. The lowest BCUT2D eigenvalue weighted by Gasteiger charge is -2.05. The number of thiol groups is 1. The second kappa shape index (κ2) is 3.60. The van der Waals surface area contributed by atoms with Crippen molar-refractivity contribution in [1.29, 1.82) is 0 Å². The molecule has 0 saturated heterocycles. The highest BCUT2D eigenvalue weighted by Crippen LogP contribution is 2.28. The van der Waals surface area contributed by atoms with Crippen molar-refractivity contribution in [1.82, 2.24) is 5.32 Å². The van der Waals surface area contributed by atoms with E-state index >= 15 is 0 Å². The zero-order valence-electron chi connectivity index (χ0n) is 6.25. The summed E-state index contributed by atoms with van der Waals surface area (Å²) in [5, 5.41) is 12.6. The summed E-state index contributed by atoms with van der Waals surface area (Å²) in [6, 6.07) is 0. The normalized spacial score (nSPS) is 40.5. The summed E-state index contributed by atoms with van der Waals surface area (Å²) in [6.45, 7) is 1.01. The Labute approximate surface area is 67.4 Å². The molecule has 0 aromatic heterocycles. The van der Waals surface area contributed by atoms with Gasteiger partial charge in [0.2, 0.25) is 0 Å². The van der Waals surface area contributed by atoms with Crippen molar-refractivity contribution in [3.05, 3.63) is 0 Å². The molecule has 0 aromatic rings. The van der Waals surface area contributed by atoms with E-state index in [-0.39, 0.29) is 11.4 Å². The summed E-state index contributed by atoms with van der Waals surface area (Å²) in [5.41, 5.74) is 0. The first kappa shape index (κ1) is 8.37. The maximum atomic E-state index is 9.29. The summed E-state index contributed by atoms with van der Waals surface area (Å²) in [7, 11) is 1.94. The van der Waals surface area contributed by atoms with E-state index in [4.69, 9.17) is 0 Å². The van der Waals surface area contributed by atoms with E-state index in [1.807, 2.05) is 7.05 Å². The fourth-order valence-electron chi connectivity index (χ4n) is 1.55. The first-order chi connectivity index (χ1) is 4.74. The lowest BCUT2D eigenvalue weighted by Crippen LogP contribution is -2.16. The van der Waals surface area contributed by atoms with Gasteiger partial charge in [0.05, 0.1) is 6.10 Å². The standard InChI is InChI=1S/C7H15NOS/c1-8-4-5-2-6(9)7(10)3-5/h5-10H,2-4H2,1H3/t5-,6+,7+/m0/s1. The smallest absolute Gasteiger partial charge is 0.0659 e. The maximum absolute atomic E-state index is 9.29. The van der Waals surface area contributed by atoms with Gasteiger partial charge in [-0.1, -0.05) is 0 Å². The third-order valence-corrected chi connectivity index (χ3v) is 2.64. The lowest BCUT2D eigenvalue weighted by molar-refractivity contribution is 0.182. The van der Waals surface area contributed by atoms with Crippen LogP contribution in [-0.2, 0) is 0 Å². The molecule has 1 rings (SSSR count). The molecule has 1 aliphatic rings. The van der Waals surface area contributed by atoms with E-state index in [1.54, 1.807) is 0 Å². The molecule has 0 heterocycles. The van der Waals surface area contributed by atoms with Gasteiger partial charge in [-0.15, -0.1) is 0 Å². The first-order valence-corrected chi connectivity index (χ1v) is 4.26. The molecule has 3 atom stereocenters. The summed E-state index contributed by atoms with van der Waals surface area (Å²) < 4.78 is 0. The lowest BCUT2D eigenvalue weighted by atomic mass is 10.1. The average Bonchev–Trinajstić information content (AvgIpc) is 2.14. The van der Waals surface area contributed by atoms with Crippen molar-refractivity contribution in [2.24, 2.45) is 5.92 Å². The van der Waals surface area contributed by atoms with Crippen molar-refractivity contribution >= 4 is 12.6 Å². The van der Waals surface area contributed by atoms with Gasteiger partial charge in [-0.05, 0) is 32.4 Å². The molecule has 3 heteroatoms. The highest BCUT2D eigenvalue weighted by molar-refractivity contribution is 7.81. The van der Waals surface area contributed by atoms with Crippen molar-refractivity contribution in [3.63, 3.8) is 0 Å². The molecule has 0 bridgehead atoms. The quantitative estimate of drug-likeness (QED) is 0.508. The highest BCUT2D eigenvalue weighted by atomic mass is 32.1. The SMILES string of the molecule is CNC[C@H]1C[C@@H](O)[C@H](S)C1. The molecule has 1 fully saturated rings. The fourth-order valence-corrected chi connectivity index (χ4v) is 1.97. The molecule has 10 heavy (non-hydrogen) atoms. The van der Waals surface area contributed by atoms with Gasteiger partial charge in [-0.25, -0.2) is 0 Å². The first-order valence-electron chi connectivity index (χ1n) is 3.74. The van der Waals surface area contributed by atoms with Gasteiger partial charge in [-0.3, -0.25) is 0 Å². The van der Waals surface area contributed by atoms with Gasteiger partial charge in [0.25, 0.3) is 0 Å². The van der Waals surface area contributed by atoms with Crippen LogP contribution in [0, 0.1) is 5.92 Å². The molecular formula is C7H15NOS. The van der Waals surface area contributed by atoms with E-state index in [2.05, 4.69) is 17.9 Å². The average molecular weight is 161 g/mol. The fraction of sp³-hybridized carbons (Fsp3) is 1.00. The Morgan fingerprint density at radius 2 is 2.30 bits per heavy atom. The van der Waals surface area contributed by atoms with Crippen LogP contribution in [-0.4, -0.2) is 30.1 Å². The van der Waals surface area contributed by atoms with Crippen molar-refractivity contribution in [2.75, 3.05) is 13.6 Å². The molecular weight excluding hydrogens is 146 g/mol. The van der Waals surface area contributed by atoms with Gasteiger partial charge in [-0.2, -0.15) is 12.6 Å². The Morgan fingerprint density at radius 3 is 2.70 bits per heavy atom. The Kier molecular flexibility index (Phi) is 3.01. The van der Waals surface area contributed by atoms with E-state index < -0.39 is 0 Å². The van der Waals surface area contributed by atoms with Crippen LogP contribution in [0.3, 0.4) is 0 Å².